The Kier molecular flexibility index (Phi) is 4.22. The summed E-state index contributed by atoms with van der Waals surface area (Å²) in [5.74, 6) is 0. The van der Waals surface area contributed by atoms with E-state index in [0.717, 1.165) is 15.8 Å². The molecule has 0 aromatic heterocycles. The van der Waals surface area contributed by atoms with Crippen LogP contribution in [0.5, 0.6) is 0 Å². The maximum absolute atomic E-state index is 6.11. The molecule has 0 aliphatic rings. The molecule has 0 aliphatic carbocycles. The van der Waals surface area contributed by atoms with Gasteiger partial charge >= 0.3 is 0 Å². The Hall–Kier alpha value is -1.10. The van der Waals surface area contributed by atoms with Crippen LogP contribution in [0.3, 0.4) is 0 Å². The molecule has 0 heterocycles. The van der Waals surface area contributed by atoms with E-state index in [1.54, 1.807) is 6.07 Å². The summed E-state index contributed by atoms with van der Waals surface area (Å²) >= 11 is 14.5. The predicted octanol–water partition coefficient (Wildman–Crippen LogP) is 4.48. The third-order valence-corrected chi connectivity index (χ3v) is 3.38. The monoisotopic (exact) mass is 340 g/mol. The van der Waals surface area contributed by atoms with Gasteiger partial charge in [0.1, 0.15) is 4.99 Å². The summed E-state index contributed by atoms with van der Waals surface area (Å²) in [6.07, 6.45) is 0. The molecular formula is C13H10BrClN2S. The largest absolute Gasteiger partial charge is 0.389 e. The first-order valence-electron chi connectivity index (χ1n) is 5.19. The normalized spacial score (nSPS) is 10.1. The van der Waals surface area contributed by atoms with Gasteiger partial charge in [-0.3, -0.25) is 0 Å². The quantitative estimate of drug-likeness (QED) is 0.808. The lowest BCUT2D eigenvalue weighted by Gasteiger charge is -2.12. The minimum absolute atomic E-state index is 0.276. The average molecular weight is 342 g/mol. The van der Waals surface area contributed by atoms with E-state index in [1.165, 1.54) is 0 Å². The molecule has 0 atom stereocenters. The summed E-state index contributed by atoms with van der Waals surface area (Å²) in [5, 5.41) is 3.80. The minimum Gasteiger partial charge on any atom is -0.389 e. The van der Waals surface area contributed by atoms with Crippen LogP contribution >= 0.6 is 39.7 Å². The zero-order chi connectivity index (χ0) is 13.1. The van der Waals surface area contributed by atoms with E-state index >= 15 is 0 Å². The van der Waals surface area contributed by atoms with Crippen LogP contribution in [0.4, 0.5) is 11.4 Å². The van der Waals surface area contributed by atoms with E-state index in [4.69, 9.17) is 29.6 Å². The lowest BCUT2D eigenvalue weighted by Crippen LogP contribution is -2.12. The summed E-state index contributed by atoms with van der Waals surface area (Å²) in [6, 6.07) is 13.3. The fourth-order valence-electron chi connectivity index (χ4n) is 1.60. The van der Waals surface area contributed by atoms with Gasteiger partial charge in [-0.1, -0.05) is 51.9 Å². The van der Waals surface area contributed by atoms with Crippen molar-refractivity contribution in [2.24, 2.45) is 5.73 Å². The van der Waals surface area contributed by atoms with Crippen molar-refractivity contribution in [1.82, 2.24) is 0 Å². The number of thiocarbonyl (C=S) groups is 1. The third kappa shape index (κ3) is 3.02. The number of benzene rings is 2. The number of hydrogen-bond donors (Lipinski definition) is 2. The van der Waals surface area contributed by atoms with Gasteiger partial charge in [0.15, 0.2) is 0 Å². The molecule has 0 amide bonds. The molecule has 3 N–H and O–H groups in total. The van der Waals surface area contributed by atoms with Gasteiger partial charge in [-0.25, -0.2) is 0 Å². The molecule has 0 saturated carbocycles. The van der Waals surface area contributed by atoms with Gasteiger partial charge < -0.3 is 11.1 Å². The van der Waals surface area contributed by atoms with E-state index in [1.807, 2.05) is 36.4 Å². The number of nitrogens with two attached hydrogens (primary N) is 1. The Labute approximate surface area is 124 Å². The molecule has 2 aromatic carbocycles. The van der Waals surface area contributed by atoms with Gasteiger partial charge in [-0.2, -0.15) is 0 Å². The highest BCUT2D eigenvalue weighted by Gasteiger charge is 2.09. The zero-order valence-electron chi connectivity index (χ0n) is 9.28. The number of anilines is 2. The summed E-state index contributed by atoms with van der Waals surface area (Å²) in [4.78, 5) is 0.276. The molecule has 0 bridgehead atoms. The van der Waals surface area contributed by atoms with E-state index < -0.39 is 0 Å². The van der Waals surface area contributed by atoms with Gasteiger partial charge in [-0.15, -0.1) is 0 Å². The first-order valence-corrected chi connectivity index (χ1v) is 6.77. The van der Waals surface area contributed by atoms with Gasteiger partial charge in [-0.05, 0) is 30.3 Å². The Balaban J connectivity index is 2.40. The van der Waals surface area contributed by atoms with Crippen LogP contribution in [0.1, 0.15) is 5.56 Å². The molecule has 92 valence electrons. The van der Waals surface area contributed by atoms with Crippen LogP contribution in [0, 0.1) is 0 Å². The molecule has 0 spiro atoms. The Morgan fingerprint density at radius 1 is 1.22 bits per heavy atom. The van der Waals surface area contributed by atoms with Crippen LogP contribution in [-0.2, 0) is 0 Å². The van der Waals surface area contributed by atoms with Crippen molar-refractivity contribution in [3.05, 3.63) is 57.5 Å². The van der Waals surface area contributed by atoms with Gasteiger partial charge in [0, 0.05) is 10.2 Å². The van der Waals surface area contributed by atoms with Crippen molar-refractivity contribution in [2.75, 3.05) is 5.32 Å². The topological polar surface area (TPSA) is 38.0 Å². The predicted molar refractivity (Wildman–Crippen MR) is 84.8 cm³/mol. The number of nitrogens with one attached hydrogen (secondary N) is 1. The fraction of sp³-hybridized carbons (Fsp3) is 0. The number of halogens is 2. The summed E-state index contributed by atoms with van der Waals surface area (Å²) in [6.45, 7) is 0. The van der Waals surface area contributed by atoms with Crippen molar-refractivity contribution in [3.63, 3.8) is 0 Å². The highest BCUT2D eigenvalue weighted by molar-refractivity contribution is 9.10. The van der Waals surface area contributed by atoms with Crippen LogP contribution in [0.15, 0.2) is 46.9 Å². The van der Waals surface area contributed by atoms with Gasteiger partial charge in [0.2, 0.25) is 0 Å². The molecule has 5 heteroatoms. The Morgan fingerprint density at radius 2 is 1.94 bits per heavy atom. The second-order valence-corrected chi connectivity index (χ2v) is 5.42. The second-order valence-electron chi connectivity index (χ2n) is 3.66. The SMILES string of the molecule is NC(=S)c1c(Cl)cccc1Nc1cccc(Br)c1. The molecule has 0 aliphatic heterocycles. The van der Waals surface area contributed by atoms with Gasteiger partial charge in [0.25, 0.3) is 0 Å². The van der Waals surface area contributed by atoms with Crippen LogP contribution in [-0.4, -0.2) is 4.99 Å². The lowest BCUT2D eigenvalue weighted by atomic mass is 10.1. The first-order chi connectivity index (χ1) is 8.58. The summed E-state index contributed by atoms with van der Waals surface area (Å²) in [5.41, 5.74) is 8.09. The molecule has 2 aromatic rings. The van der Waals surface area contributed by atoms with Crippen molar-refractivity contribution in [3.8, 4) is 0 Å². The second kappa shape index (κ2) is 5.69. The van der Waals surface area contributed by atoms with E-state index in [9.17, 15) is 0 Å². The maximum Gasteiger partial charge on any atom is 0.107 e. The van der Waals surface area contributed by atoms with Crippen molar-refractivity contribution >= 4 is 56.1 Å². The Morgan fingerprint density at radius 3 is 2.61 bits per heavy atom. The van der Waals surface area contributed by atoms with Crippen LogP contribution in [0.2, 0.25) is 5.02 Å². The van der Waals surface area contributed by atoms with Gasteiger partial charge in [0.05, 0.1) is 16.3 Å². The lowest BCUT2D eigenvalue weighted by molar-refractivity contribution is 1.51. The van der Waals surface area contributed by atoms with E-state index in [2.05, 4.69) is 21.2 Å². The number of rotatable bonds is 3. The zero-order valence-corrected chi connectivity index (χ0v) is 12.4. The molecule has 2 nitrogen and oxygen atoms in total. The molecular weight excluding hydrogens is 332 g/mol. The van der Waals surface area contributed by atoms with E-state index in [0.29, 0.717) is 10.6 Å². The van der Waals surface area contributed by atoms with Crippen molar-refractivity contribution < 1.29 is 0 Å². The molecule has 0 unspecified atom stereocenters. The summed E-state index contributed by atoms with van der Waals surface area (Å²) < 4.78 is 0.992. The molecule has 18 heavy (non-hydrogen) atoms. The summed E-state index contributed by atoms with van der Waals surface area (Å²) in [7, 11) is 0. The maximum atomic E-state index is 6.11. The average Bonchev–Trinajstić information content (AvgIpc) is 2.28. The molecule has 0 saturated heterocycles. The van der Waals surface area contributed by atoms with Crippen molar-refractivity contribution in [2.45, 2.75) is 0 Å². The molecule has 0 radical (unpaired) electrons. The van der Waals surface area contributed by atoms with Crippen LogP contribution in [0.25, 0.3) is 0 Å². The van der Waals surface area contributed by atoms with E-state index in [-0.39, 0.29) is 4.99 Å². The molecule has 2 rings (SSSR count). The first kappa shape index (κ1) is 13.3. The number of hydrogen-bond acceptors (Lipinski definition) is 2. The highest BCUT2D eigenvalue weighted by Crippen LogP contribution is 2.28. The standard InChI is InChI=1S/C13H10BrClN2S/c14-8-3-1-4-9(7-8)17-11-6-2-5-10(15)12(11)13(16)18/h1-7,17H,(H2,16,18). The van der Waals surface area contributed by atoms with Crippen molar-refractivity contribution in [1.29, 1.82) is 0 Å². The Bertz CT molecular complexity index is 601. The fourth-order valence-corrected chi connectivity index (χ4v) is 2.55. The van der Waals surface area contributed by atoms with Crippen LogP contribution < -0.4 is 11.1 Å². The third-order valence-electron chi connectivity index (χ3n) is 2.36. The molecule has 0 fully saturated rings. The smallest absolute Gasteiger partial charge is 0.107 e. The minimum atomic E-state index is 0.276. The highest BCUT2D eigenvalue weighted by atomic mass is 79.9.